The molecule has 5 nitrogen and oxygen atoms in total. The topological polar surface area (TPSA) is 81.6 Å². The first kappa shape index (κ1) is 18.7. The van der Waals surface area contributed by atoms with Crippen LogP contribution in [0.2, 0.25) is 0 Å². The summed E-state index contributed by atoms with van der Waals surface area (Å²) in [5.41, 5.74) is 4.09. The summed E-state index contributed by atoms with van der Waals surface area (Å²) in [4.78, 5) is 11.3. The van der Waals surface area contributed by atoms with Crippen LogP contribution in [0.15, 0.2) is 24.3 Å². The number of fused-ring (bicyclic) bond motifs is 1. The van der Waals surface area contributed by atoms with E-state index in [0.717, 1.165) is 48.9 Å². The average Bonchev–Trinajstić information content (AvgIpc) is 2.53. The van der Waals surface area contributed by atoms with Crippen molar-refractivity contribution in [2.45, 2.75) is 25.8 Å². The van der Waals surface area contributed by atoms with Gasteiger partial charge in [-0.3, -0.25) is 4.79 Å². The number of rotatable bonds is 3. The Morgan fingerprint density at radius 3 is 2.48 bits per heavy atom. The van der Waals surface area contributed by atoms with Crippen LogP contribution in [-0.2, 0) is 17.6 Å². The predicted molar refractivity (Wildman–Crippen MR) is 114 cm³/mol. The fourth-order valence-corrected chi connectivity index (χ4v) is 5.29. The molecule has 0 saturated carbocycles. The third-order valence-corrected chi connectivity index (χ3v) is 5.94. The Balaban J connectivity index is 1.89. The van der Waals surface area contributed by atoms with Crippen LogP contribution in [0.1, 0.15) is 29.7 Å². The molecule has 3 rings (SSSR count). The molecule has 1 unspecified atom stereocenters. The van der Waals surface area contributed by atoms with Crippen molar-refractivity contribution < 1.29 is 15.0 Å². The molecule has 1 aliphatic rings. The first-order valence-electron chi connectivity index (χ1n) is 7.88. The lowest BCUT2D eigenvalue weighted by molar-refractivity contribution is -0.114. The second-order valence-corrected chi connectivity index (χ2v) is 8.44. The molecule has 2 aromatic rings. The van der Waals surface area contributed by atoms with Gasteiger partial charge in [-0.2, -0.15) is 0 Å². The maximum atomic E-state index is 11.3. The van der Waals surface area contributed by atoms with Gasteiger partial charge in [0.05, 0.1) is 5.69 Å². The van der Waals surface area contributed by atoms with Crippen LogP contribution in [0.4, 0.5) is 5.69 Å². The highest BCUT2D eigenvalue weighted by Gasteiger charge is 2.22. The maximum Gasteiger partial charge on any atom is 0.221 e. The van der Waals surface area contributed by atoms with E-state index in [-0.39, 0.29) is 23.4 Å². The molecule has 0 fully saturated rings. The van der Waals surface area contributed by atoms with Gasteiger partial charge in [0.25, 0.3) is 0 Å². The molecule has 4 N–H and O–H groups in total. The summed E-state index contributed by atoms with van der Waals surface area (Å²) < 4.78 is 2.00. The fraction of sp³-hybridized carbons (Fsp3) is 0.278. The number of phenolic OH excluding ortho intramolecular Hbond substituents is 2. The minimum atomic E-state index is -0.0855. The van der Waals surface area contributed by atoms with Crippen LogP contribution in [-0.4, -0.2) is 22.7 Å². The van der Waals surface area contributed by atoms with Crippen molar-refractivity contribution >= 4 is 56.8 Å². The van der Waals surface area contributed by atoms with Crippen molar-refractivity contribution in [2.24, 2.45) is 0 Å². The Kier molecular flexibility index (Phi) is 5.74. The van der Waals surface area contributed by atoms with Gasteiger partial charge in [-0.1, -0.05) is 0 Å². The second-order valence-electron chi connectivity index (χ2n) is 6.12. The first-order valence-corrected chi connectivity index (χ1v) is 10.0. The van der Waals surface area contributed by atoms with Crippen molar-refractivity contribution in [3.05, 3.63) is 48.1 Å². The van der Waals surface area contributed by atoms with E-state index < -0.39 is 0 Å². The minimum Gasteiger partial charge on any atom is -0.504 e. The number of hydrogen-bond acceptors (Lipinski definition) is 4. The quantitative estimate of drug-likeness (QED) is 0.339. The number of nitrogens with one attached hydrogen (secondary N) is 2. The summed E-state index contributed by atoms with van der Waals surface area (Å²) in [6.45, 7) is 2.34. The molecule has 1 atom stereocenters. The zero-order chi connectivity index (χ0) is 18.1. The van der Waals surface area contributed by atoms with Gasteiger partial charge >= 0.3 is 0 Å². The van der Waals surface area contributed by atoms with Crippen LogP contribution in [0, 0.1) is 7.14 Å². The zero-order valence-electron chi connectivity index (χ0n) is 13.6. The van der Waals surface area contributed by atoms with E-state index >= 15 is 0 Å². The van der Waals surface area contributed by atoms with Gasteiger partial charge < -0.3 is 20.8 Å². The number of phenols is 2. The van der Waals surface area contributed by atoms with Crippen molar-refractivity contribution in [1.29, 1.82) is 0 Å². The number of aromatic hydroxyl groups is 2. The normalized spacial score (nSPS) is 16.4. The molecule has 1 heterocycles. The summed E-state index contributed by atoms with van der Waals surface area (Å²) in [7, 11) is 0. The van der Waals surface area contributed by atoms with Crippen LogP contribution in [0.5, 0.6) is 11.5 Å². The van der Waals surface area contributed by atoms with Gasteiger partial charge in [-0.05, 0) is 106 Å². The Morgan fingerprint density at radius 1 is 1.20 bits per heavy atom. The van der Waals surface area contributed by atoms with E-state index in [2.05, 4.69) is 67.9 Å². The Morgan fingerprint density at radius 2 is 1.84 bits per heavy atom. The molecule has 1 aliphatic heterocycles. The SMILES string of the molecule is CC(=O)Nc1c(I)cc(CC2NCCc3cc(O)c(O)cc32)cc1I. The summed E-state index contributed by atoms with van der Waals surface area (Å²) in [5, 5.41) is 25.9. The lowest BCUT2D eigenvalue weighted by Gasteiger charge is -2.28. The summed E-state index contributed by atoms with van der Waals surface area (Å²) in [6, 6.07) is 7.54. The summed E-state index contributed by atoms with van der Waals surface area (Å²) in [6.07, 6.45) is 1.60. The van der Waals surface area contributed by atoms with Gasteiger partial charge in [0.1, 0.15) is 0 Å². The number of benzene rings is 2. The maximum absolute atomic E-state index is 11.3. The molecular weight excluding hydrogens is 546 g/mol. The Hall–Kier alpha value is -1.07. The van der Waals surface area contributed by atoms with Gasteiger partial charge in [0.2, 0.25) is 5.91 Å². The van der Waals surface area contributed by atoms with Crippen LogP contribution >= 0.6 is 45.2 Å². The molecule has 132 valence electrons. The molecule has 0 aliphatic carbocycles. The molecule has 7 heteroatoms. The molecule has 1 amide bonds. The Labute approximate surface area is 173 Å². The van der Waals surface area contributed by atoms with Crippen molar-refractivity contribution in [3.8, 4) is 11.5 Å². The van der Waals surface area contributed by atoms with E-state index in [9.17, 15) is 15.0 Å². The molecular formula is C18H18I2N2O3. The van der Waals surface area contributed by atoms with Crippen LogP contribution in [0.3, 0.4) is 0 Å². The second kappa shape index (κ2) is 7.67. The van der Waals surface area contributed by atoms with E-state index in [4.69, 9.17) is 0 Å². The third-order valence-electron chi connectivity index (χ3n) is 4.24. The van der Waals surface area contributed by atoms with Crippen molar-refractivity contribution in [2.75, 3.05) is 11.9 Å². The lowest BCUT2D eigenvalue weighted by atomic mass is 9.90. The van der Waals surface area contributed by atoms with Crippen molar-refractivity contribution in [3.63, 3.8) is 0 Å². The third kappa shape index (κ3) is 4.20. The molecule has 0 aromatic heterocycles. The summed E-state index contributed by atoms with van der Waals surface area (Å²) in [5.74, 6) is -0.234. The minimum absolute atomic E-state index is 0.0665. The highest BCUT2D eigenvalue weighted by atomic mass is 127. The summed E-state index contributed by atoms with van der Waals surface area (Å²) >= 11 is 4.47. The highest BCUT2D eigenvalue weighted by molar-refractivity contribution is 14.1. The zero-order valence-corrected chi connectivity index (χ0v) is 17.9. The highest BCUT2D eigenvalue weighted by Crippen LogP contribution is 2.35. The number of anilines is 1. The lowest BCUT2D eigenvalue weighted by Crippen LogP contribution is -2.31. The smallest absolute Gasteiger partial charge is 0.221 e. The van der Waals surface area contributed by atoms with Crippen LogP contribution < -0.4 is 10.6 Å². The Bertz CT molecular complexity index is 816. The monoisotopic (exact) mass is 564 g/mol. The van der Waals surface area contributed by atoms with Gasteiger partial charge in [-0.25, -0.2) is 0 Å². The molecule has 0 bridgehead atoms. The van der Waals surface area contributed by atoms with Crippen molar-refractivity contribution in [1.82, 2.24) is 5.32 Å². The van der Waals surface area contributed by atoms with E-state index in [1.165, 1.54) is 6.92 Å². The molecule has 25 heavy (non-hydrogen) atoms. The predicted octanol–water partition coefficient (Wildman–Crippen LogP) is 3.69. The van der Waals surface area contributed by atoms with E-state index in [1.807, 2.05) is 0 Å². The number of amides is 1. The number of halogens is 2. The van der Waals surface area contributed by atoms with Gasteiger partial charge in [0, 0.05) is 20.1 Å². The van der Waals surface area contributed by atoms with Gasteiger partial charge in [-0.15, -0.1) is 0 Å². The van der Waals surface area contributed by atoms with Crippen LogP contribution in [0.25, 0.3) is 0 Å². The van der Waals surface area contributed by atoms with Gasteiger partial charge in [0.15, 0.2) is 11.5 Å². The van der Waals surface area contributed by atoms with E-state index in [0.29, 0.717) is 0 Å². The molecule has 0 spiro atoms. The largest absolute Gasteiger partial charge is 0.504 e. The first-order chi connectivity index (χ1) is 11.8. The fourth-order valence-electron chi connectivity index (χ4n) is 3.12. The molecule has 0 radical (unpaired) electrons. The molecule has 0 saturated heterocycles. The average molecular weight is 564 g/mol. The van der Waals surface area contributed by atoms with E-state index in [1.54, 1.807) is 12.1 Å². The molecule has 2 aromatic carbocycles. The number of carbonyl (C=O) groups is 1. The standard InChI is InChI=1S/C18H18I2N2O3/c1-9(23)22-18-13(19)4-10(5-14(18)20)6-15-12-8-17(25)16(24)7-11(12)2-3-21-15/h4-5,7-8,15,21,24-25H,2-3,6H2,1H3,(H,22,23). The number of carbonyl (C=O) groups excluding carboxylic acids is 1. The number of hydrogen-bond donors (Lipinski definition) is 4.